The van der Waals surface area contributed by atoms with E-state index in [1.807, 2.05) is 0 Å². The first-order valence-electron chi connectivity index (χ1n) is 5.17. The Bertz CT molecular complexity index is 535. The molecule has 18 heavy (non-hydrogen) atoms. The van der Waals surface area contributed by atoms with Crippen LogP contribution in [0, 0.1) is 10.1 Å². The van der Waals surface area contributed by atoms with E-state index in [2.05, 4.69) is 19.3 Å². The van der Waals surface area contributed by atoms with Crippen molar-refractivity contribution < 1.29 is 4.92 Å². The standard InChI is InChI=1S/C12H11NO2S3/c1-8-12(16-2)18-11(17-8)7-9-3-5-10(6-4-9)13(14)15/h3-7H,1-2H3/b11-7+. The largest absolute Gasteiger partial charge is 0.269 e. The molecule has 2 rings (SSSR count). The van der Waals surface area contributed by atoms with Gasteiger partial charge in [0.25, 0.3) is 5.69 Å². The van der Waals surface area contributed by atoms with E-state index in [0.29, 0.717) is 0 Å². The molecule has 0 unspecified atom stereocenters. The van der Waals surface area contributed by atoms with Gasteiger partial charge < -0.3 is 0 Å². The van der Waals surface area contributed by atoms with Gasteiger partial charge in [-0.05, 0) is 37.0 Å². The van der Waals surface area contributed by atoms with Gasteiger partial charge in [-0.3, -0.25) is 10.1 Å². The van der Waals surface area contributed by atoms with Gasteiger partial charge in [-0.25, -0.2) is 0 Å². The third-order valence-corrected chi connectivity index (χ3v) is 6.13. The summed E-state index contributed by atoms with van der Waals surface area (Å²) in [5.74, 6) is 0. The second-order valence-electron chi connectivity index (χ2n) is 3.56. The molecule has 0 fully saturated rings. The van der Waals surface area contributed by atoms with Crippen molar-refractivity contribution in [2.75, 3.05) is 6.26 Å². The molecule has 6 heteroatoms. The first kappa shape index (κ1) is 13.6. The number of nitro benzene ring substituents is 1. The van der Waals surface area contributed by atoms with E-state index < -0.39 is 0 Å². The number of nitrogens with zero attached hydrogens (tertiary/aromatic N) is 1. The lowest BCUT2D eigenvalue weighted by atomic mass is 10.2. The molecule has 94 valence electrons. The van der Waals surface area contributed by atoms with Crippen LogP contribution in [0.15, 0.2) is 37.6 Å². The summed E-state index contributed by atoms with van der Waals surface area (Å²) in [5.41, 5.74) is 1.12. The summed E-state index contributed by atoms with van der Waals surface area (Å²) >= 11 is 5.26. The molecule has 1 aromatic rings. The van der Waals surface area contributed by atoms with Gasteiger partial charge in [-0.15, -0.1) is 11.8 Å². The van der Waals surface area contributed by atoms with Gasteiger partial charge in [-0.2, -0.15) is 0 Å². The molecule has 0 N–H and O–H groups in total. The highest BCUT2D eigenvalue weighted by atomic mass is 32.2. The minimum atomic E-state index is -0.381. The summed E-state index contributed by atoms with van der Waals surface area (Å²) in [4.78, 5) is 11.5. The number of allylic oxidation sites excluding steroid dienone is 1. The molecule has 0 aromatic heterocycles. The van der Waals surface area contributed by atoms with Gasteiger partial charge in [-0.1, -0.05) is 23.5 Å². The third kappa shape index (κ3) is 3.13. The fraction of sp³-hybridized carbons (Fsp3) is 0.167. The monoisotopic (exact) mass is 297 g/mol. The number of rotatable bonds is 3. The number of hydrogen-bond acceptors (Lipinski definition) is 5. The zero-order valence-electron chi connectivity index (χ0n) is 9.88. The molecule has 0 spiro atoms. The van der Waals surface area contributed by atoms with Crippen LogP contribution in [0.2, 0.25) is 0 Å². The second-order valence-corrected chi connectivity index (χ2v) is 7.21. The average molecular weight is 297 g/mol. The van der Waals surface area contributed by atoms with Gasteiger partial charge >= 0.3 is 0 Å². The van der Waals surface area contributed by atoms with E-state index in [0.717, 1.165) is 5.56 Å². The minimum absolute atomic E-state index is 0.128. The average Bonchev–Trinajstić information content (AvgIpc) is 2.70. The van der Waals surface area contributed by atoms with E-state index in [4.69, 9.17) is 0 Å². The lowest BCUT2D eigenvalue weighted by molar-refractivity contribution is -0.384. The number of thioether (sulfide) groups is 3. The van der Waals surface area contributed by atoms with E-state index in [9.17, 15) is 10.1 Å². The molecule has 1 aliphatic rings. The van der Waals surface area contributed by atoms with Crippen LogP contribution in [0.1, 0.15) is 12.5 Å². The highest BCUT2D eigenvalue weighted by Crippen LogP contribution is 2.53. The highest BCUT2D eigenvalue weighted by molar-refractivity contribution is 8.35. The van der Waals surface area contributed by atoms with Gasteiger partial charge in [0.15, 0.2) is 0 Å². The van der Waals surface area contributed by atoms with Crippen molar-refractivity contribution >= 4 is 47.0 Å². The predicted octanol–water partition coefficient (Wildman–Crippen LogP) is 4.93. The first-order valence-corrected chi connectivity index (χ1v) is 8.02. The normalized spacial score (nSPS) is 17.6. The lowest BCUT2D eigenvalue weighted by Gasteiger charge is -1.97. The molecule has 0 bridgehead atoms. The van der Waals surface area contributed by atoms with Crippen LogP contribution in [0.4, 0.5) is 5.69 Å². The molecule has 3 nitrogen and oxygen atoms in total. The fourth-order valence-corrected chi connectivity index (χ4v) is 5.02. The summed E-state index contributed by atoms with van der Waals surface area (Å²) in [5, 5.41) is 10.6. The van der Waals surface area contributed by atoms with Crippen LogP contribution in [0.25, 0.3) is 6.08 Å². The van der Waals surface area contributed by atoms with Crippen molar-refractivity contribution in [1.82, 2.24) is 0 Å². The van der Waals surface area contributed by atoms with Crippen molar-refractivity contribution in [1.29, 1.82) is 0 Å². The minimum Gasteiger partial charge on any atom is -0.258 e. The molecular formula is C12H11NO2S3. The summed E-state index contributed by atoms with van der Waals surface area (Å²) in [6.45, 7) is 2.11. The van der Waals surface area contributed by atoms with Crippen molar-refractivity contribution in [2.24, 2.45) is 0 Å². The Hall–Kier alpha value is -0.850. The zero-order valence-corrected chi connectivity index (χ0v) is 12.3. The van der Waals surface area contributed by atoms with E-state index in [1.54, 1.807) is 47.4 Å². The Labute approximate surface area is 118 Å². The molecule has 0 radical (unpaired) electrons. The van der Waals surface area contributed by atoms with Gasteiger partial charge in [0.05, 0.1) is 13.4 Å². The Kier molecular flexibility index (Phi) is 4.42. The van der Waals surface area contributed by atoms with Crippen molar-refractivity contribution in [3.63, 3.8) is 0 Å². The maximum Gasteiger partial charge on any atom is 0.269 e. The smallest absolute Gasteiger partial charge is 0.258 e. The SMILES string of the molecule is CSC1=C(C)S/C(=C\c2ccc([N+](=O)[O-])cc2)S1. The van der Waals surface area contributed by atoms with Crippen molar-refractivity contribution in [3.8, 4) is 0 Å². The molecule has 1 aliphatic heterocycles. The lowest BCUT2D eigenvalue weighted by Crippen LogP contribution is -1.86. The first-order chi connectivity index (χ1) is 8.60. The summed E-state index contributed by atoms with van der Waals surface area (Å²) in [6.07, 6.45) is 4.13. The topological polar surface area (TPSA) is 43.1 Å². The molecule has 0 saturated heterocycles. The molecule has 0 atom stereocenters. The van der Waals surface area contributed by atoms with Crippen LogP contribution in [0.3, 0.4) is 0 Å². The Morgan fingerprint density at radius 1 is 1.28 bits per heavy atom. The molecule has 0 aliphatic carbocycles. The van der Waals surface area contributed by atoms with E-state index in [1.165, 1.54) is 25.5 Å². The van der Waals surface area contributed by atoms with Crippen LogP contribution in [-0.2, 0) is 0 Å². The Balaban J connectivity index is 2.13. The van der Waals surface area contributed by atoms with Crippen LogP contribution >= 0.6 is 35.3 Å². The maximum absolute atomic E-state index is 10.6. The van der Waals surface area contributed by atoms with Gasteiger partial charge in [0.1, 0.15) is 0 Å². The molecule has 1 aromatic carbocycles. The summed E-state index contributed by atoms with van der Waals surface area (Å²) in [7, 11) is 0. The van der Waals surface area contributed by atoms with Crippen molar-refractivity contribution in [3.05, 3.63) is 53.3 Å². The maximum atomic E-state index is 10.6. The van der Waals surface area contributed by atoms with Gasteiger partial charge in [0.2, 0.25) is 0 Å². The third-order valence-electron chi connectivity index (χ3n) is 2.31. The fourth-order valence-electron chi connectivity index (χ4n) is 1.45. The Morgan fingerprint density at radius 3 is 2.44 bits per heavy atom. The number of benzene rings is 1. The van der Waals surface area contributed by atoms with Gasteiger partial charge in [0, 0.05) is 17.0 Å². The molecular weight excluding hydrogens is 286 g/mol. The van der Waals surface area contributed by atoms with Crippen LogP contribution < -0.4 is 0 Å². The highest BCUT2D eigenvalue weighted by Gasteiger charge is 2.16. The van der Waals surface area contributed by atoms with Crippen LogP contribution in [-0.4, -0.2) is 11.2 Å². The summed E-state index contributed by atoms with van der Waals surface area (Å²) < 4.78 is 2.54. The predicted molar refractivity (Wildman–Crippen MR) is 82.5 cm³/mol. The molecule has 1 heterocycles. The van der Waals surface area contributed by atoms with E-state index >= 15 is 0 Å². The number of nitro groups is 1. The zero-order chi connectivity index (χ0) is 13.1. The number of non-ortho nitro benzene ring substituents is 1. The van der Waals surface area contributed by atoms with Crippen LogP contribution in [0.5, 0.6) is 0 Å². The second kappa shape index (κ2) is 5.86. The summed E-state index contributed by atoms with van der Waals surface area (Å²) in [6, 6.07) is 6.62. The quantitative estimate of drug-likeness (QED) is 0.585. The molecule has 0 amide bonds. The van der Waals surface area contributed by atoms with Crippen molar-refractivity contribution in [2.45, 2.75) is 6.92 Å². The number of hydrogen-bond donors (Lipinski definition) is 0. The Morgan fingerprint density at radius 2 is 1.94 bits per heavy atom. The van der Waals surface area contributed by atoms with E-state index in [-0.39, 0.29) is 10.6 Å². The molecule has 0 saturated carbocycles.